The smallest absolute Gasteiger partial charge is 0.373 e. The van der Waals surface area contributed by atoms with Gasteiger partial charge in [0, 0.05) is 5.69 Å². The SMILES string of the molecule is CC(C)(C)c1ccccc1NC(=O)[C@@](C)(O)C(F)(F)F. The molecule has 0 saturated heterocycles. The molecule has 6 heteroatoms. The largest absolute Gasteiger partial charge is 0.426 e. The minimum Gasteiger partial charge on any atom is -0.373 e. The molecule has 0 heterocycles. The van der Waals surface area contributed by atoms with E-state index in [1.165, 1.54) is 6.07 Å². The first-order chi connectivity index (χ1) is 8.87. The van der Waals surface area contributed by atoms with Gasteiger partial charge in [0.05, 0.1) is 0 Å². The first kappa shape index (κ1) is 16.5. The van der Waals surface area contributed by atoms with Gasteiger partial charge in [0.25, 0.3) is 5.91 Å². The van der Waals surface area contributed by atoms with Crippen LogP contribution >= 0.6 is 0 Å². The van der Waals surface area contributed by atoms with Crippen molar-refractivity contribution in [2.75, 3.05) is 5.32 Å². The molecule has 0 aliphatic heterocycles. The zero-order valence-electron chi connectivity index (χ0n) is 11.8. The third-order valence-corrected chi connectivity index (χ3v) is 2.98. The Bertz CT molecular complexity index is 502. The molecule has 1 atom stereocenters. The molecule has 2 N–H and O–H groups in total. The second kappa shape index (κ2) is 5.09. The molecule has 1 aromatic rings. The summed E-state index contributed by atoms with van der Waals surface area (Å²) in [5.74, 6) is -1.50. The number of aliphatic hydroxyl groups is 1. The van der Waals surface area contributed by atoms with E-state index in [1.807, 2.05) is 20.8 Å². The van der Waals surface area contributed by atoms with Crippen molar-refractivity contribution in [3.8, 4) is 0 Å². The summed E-state index contributed by atoms with van der Waals surface area (Å²) < 4.78 is 37.8. The highest BCUT2D eigenvalue weighted by Gasteiger charge is 2.55. The van der Waals surface area contributed by atoms with Crippen molar-refractivity contribution in [2.24, 2.45) is 0 Å². The van der Waals surface area contributed by atoms with Crippen LogP contribution in [0.15, 0.2) is 24.3 Å². The van der Waals surface area contributed by atoms with Crippen molar-refractivity contribution < 1.29 is 23.1 Å². The number of hydrogen-bond acceptors (Lipinski definition) is 2. The fourth-order valence-electron chi connectivity index (χ4n) is 1.62. The van der Waals surface area contributed by atoms with Gasteiger partial charge in [0.1, 0.15) is 0 Å². The van der Waals surface area contributed by atoms with Crippen LogP contribution in [0.25, 0.3) is 0 Å². The Morgan fingerprint density at radius 3 is 2.05 bits per heavy atom. The second-order valence-electron chi connectivity index (χ2n) is 5.82. The molecule has 0 aliphatic carbocycles. The van der Waals surface area contributed by atoms with Crippen LogP contribution in [-0.4, -0.2) is 22.8 Å². The number of hydrogen-bond donors (Lipinski definition) is 2. The molecule has 0 aliphatic rings. The first-order valence-corrected chi connectivity index (χ1v) is 6.07. The number of carbonyl (C=O) groups is 1. The van der Waals surface area contributed by atoms with E-state index >= 15 is 0 Å². The molecule has 0 saturated carbocycles. The van der Waals surface area contributed by atoms with Gasteiger partial charge < -0.3 is 10.4 Å². The number of halogens is 3. The van der Waals surface area contributed by atoms with Crippen molar-refractivity contribution in [3.63, 3.8) is 0 Å². The molecular weight excluding hydrogens is 271 g/mol. The van der Waals surface area contributed by atoms with Gasteiger partial charge in [-0.15, -0.1) is 0 Å². The second-order valence-corrected chi connectivity index (χ2v) is 5.82. The monoisotopic (exact) mass is 289 g/mol. The van der Waals surface area contributed by atoms with Crippen molar-refractivity contribution in [1.82, 2.24) is 0 Å². The maximum Gasteiger partial charge on any atom is 0.426 e. The summed E-state index contributed by atoms with van der Waals surface area (Å²) in [4.78, 5) is 11.7. The minimum absolute atomic E-state index is 0.259. The quantitative estimate of drug-likeness (QED) is 0.878. The normalized spacial score (nSPS) is 15.6. The van der Waals surface area contributed by atoms with Gasteiger partial charge in [-0.05, 0) is 24.0 Å². The molecule has 1 aromatic carbocycles. The number of para-hydroxylation sites is 1. The number of rotatable bonds is 2. The maximum atomic E-state index is 12.6. The van der Waals surface area contributed by atoms with Crippen molar-refractivity contribution in [3.05, 3.63) is 29.8 Å². The van der Waals surface area contributed by atoms with E-state index in [-0.39, 0.29) is 11.1 Å². The highest BCUT2D eigenvalue weighted by Crippen LogP contribution is 2.33. The zero-order chi connectivity index (χ0) is 15.8. The number of nitrogens with one attached hydrogen (secondary N) is 1. The predicted molar refractivity (Wildman–Crippen MR) is 70.5 cm³/mol. The summed E-state index contributed by atoms with van der Waals surface area (Å²) in [5, 5.41) is 11.5. The van der Waals surface area contributed by atoms with Crippen LogP contribution in [-0.2, 0) is 10.2 Å². The molecule has 0 fully saturated rings. The van der Waals surface area contributed by atoms with Crippen LogP contribution in [0.4, 0.5) is 18.9 Å². The lowest BCUT2D eigenvalue weighted by molar-refractivity contribution is -0.242. The Hall–Kier alpha value is -1.56. The van der Waals surface area contributed by atoms with Gasteiger partial charge in [-0.1, -0.05) is 39.0 Å². The molecule has 3 nitrogen and oxygen atoms in total. The van der Waals surface area contributed by atoms with Gasteiger partial charge in [0.2, 0.25) is 5.60 Å². The molecule has 1 amide bonds. The first-order valence-electron chi connectivity index (χ1n) is 6.07. The van der Waals surface area contributed by atoms with Crippen molar-refractivity contribution >= 4 is 11.6 Å². The van der Waals surface area contributed by atoms with E-state index < -0.39 is 17.7 Å². The molecule has 112 valence electrons. The highest BCUT2D eigenvalue weighted by molar-refractivity contribution is 5.98. The average molecular weight is 289 g/mol. The van der Waals surface area contributed by atoms with Crippen LogP contribution < -0.4 is 5.32 Å². The Morgan fingerprint density at radius 1 is 1.10 bits per heavy atom. The third-order valence-electron chi connectivity index (χ3n) is 2.98. The molecule has 0 spiro atoms. The van der Waals surface area contributed by atoms with E-state index in [0.29, 0.717) is 12.5 Å². The topological polar surface area (TPSA) is 49.3 Å². The maximum absolute atomic E-state index is 12.6. The van der Waals surface area contributed by atoms with E-state index in [2.05, 4.69) is 5.32 Å². The van der Waals surface area contributed by atoms with Crippen LogP contribution in [0.2, 0.25) is 0 Å². The van der Waals surface area contributed by atoms with Gasteiger partial charge in [0.15, 0.2) is 0 Å². The van der Waals surface area contributed by atoms with E-state index in [4.69, 9.17) is 0 Å². The number of anilines is 1. The molecule has 0 aromatic heterocycles. The van der Waals surface area contributed by atoms with E-state index in [0.717, 1.165) is 0 Å². The zero-order valence-corrected chi connectivity index (χ0v) is 11.8. The summed E-state index contributed by atoms with van der Waals surface area (Å²) in [5.41, 5.74) is -2.84. The summed E-state index contributed by atoms with van der Waals surface area (Å²) in [6.07, 6.45) is -5.03. The van der Waals surface area contributed by atoms with Crippen LogP contribution in [0, 0.1) is 0 Å². The molecule has 1 rings (SSSR count). The van der Waals surface area contributed by atoms with Gasteiger partial charge in [-0.3, -0.25) is 4.79 Å². The summed E-state index contributed by atoms with van der Waals surface area (Å²) in [6.45, 7) is 6.06. The van der Waals surface area contributed by atoms with Crippen molar-refractivity contribution in [1.29, 1.82) is 0 Å². The average Bonchev–Trinajstić information content (AvgIpc) is 2.26. The molecule has 0 bridgehead atoms. The minimum atomic E-state index is -5.03. The molecule has 0 unspecified atom stereocenters. The van der Waals surface area contributed by atoms with Gasteiger partial charge in [-0.25, -0.2) is 0 Å². The van der Waals surface area contributed by atoms with Crippen molar-refractivity contribution in [2.45, 2.75) is 44.9 Å². The fourth-order valence-corrected chi connectivity index (χ4v) is 1.62. The number of alkyl halides is 3. The van der Waals surface area contributed by atoms with Gasteiger partial charge >= 0.3 is 6.18 Å². The Balaban J connectivity index is 3.10. The van der Waals surface area contributed by atoms with E-state index in [9.17, 15) is 23.1 Å². The Morgan fingerprint density at radius 2 is 1.60 bits per heavy atom. The lowest BCUT2D eigenvalue weighted by Crippen LogP contribution is -2.52. The lowest BCUT2D eigenvalue weighted by atomic mass is 9.85. The number of amides is 1. The Kier molecular flexibility index (Phi) is 4.20. The van der Waals surface area contributed by atoms with Crippen LogP contribution in [0.5, 0.6) is 0 Å². The number of benzene rings is 1. The Labute approximate surface area is 115 Å². The molecule has 0 radical (unpaired) electrons. The fraction of sp³-hybridized carbons (Fsp3) is 0.500. The third kappa shape index (κ3) is 3.30. The standard InChI is InChI=1S/C14H18F3NO2/c1-12(2,3)9-7-5-6-8-10(9)18-11(19)13(4,20)14(15,16)17/h5-8,20H,1-4H3,(H,18,19)/t13-/m1/s1. The highest BCUT2D eigenvalue weighted by atomic mass is 19.4. The summed E-state index contributed by atoms with van der Waals surface area (Å²) in [6, 6.07) is 6.56. The molecule has 20 heavy (non-hydrogen) atoms. The van der Waals surface area contributed by atoms with Crippen LogP contribution in [0.3, 0.4) is 0 Å². The predicted octanol–water partition coefficient (Wildman–Crippen LogP) is 3.24. The molecular formula is C14H18F3NO2. The number of carbonyl (C=O) groups excluding carboxylic acids is 1. The van der Waals surface area contributed by atoms with E-state index in [1.54, 1.807) is 18.2 Å². The van der Waals surface area contributed by atoms with Gasteiger partial charge in [-0.2, -0.15) is 13.2 Å². The summed E-state index contributed by atoms with van der Waals surface area (Å²) >= 11 is 0. The lowest BCUT2D eigenvalue weighted by Gasteiger charge is -2.27. The van der Waals surface area contributed by atoms with Crippen LogP contribution in [0.1, 0.15) is 33.3 Å². The summed E-state index contributed by atoms with van der Waals surface area (Å²) in [7, 11) is 0.